The topological polar surface area (TPSA) is 77.1 Å². The molecular formula is C38H38N2O5. The highest BCUT2D eigenvalue weighted by Crippen LogP contribution is 2.50. The number of nitrogens with one attached hydrogen (secondary N) is 1. The predicted molar refractivity (Wildman–Crippen MR) is 176 cm³/mol. The first kappa shape index (κ1) is 30.0. The molecule has 0 fully saturated rings. The second-order valence-electron chi connectivity index (χ2n) is 11.5. The van der Waals surface area contributed by atoms with E-state index < -0.39 is 6.04 Å². The van der Waals surface area contributed by atoms with Gasteiger partial charge in [-0.1, -0.05) is 61.5 Å². The van der Waals surface area contributed by atoms with Crippen LogP contribution in [0.2, 0.25) is 0 Å². The Morgan fingerprint density at radius 3 is 2.33 bits per heavy atom. The summed E-state index contributed by atoms with van der Waals surface area (Å²) >= 11 is 0. The lowest BCUT2D eigenvalue weighted by molar-refractivity contribution is -0.116. The average molecular weight is 603 g/mol. The van der Waals surface area contributed by atoms with Crippen LogP contribution in [0.25, 0.3) is 0 Å². The van der Waals surface area contributed by atoms with Gasteiger partial charge in [-0.2, -0.15) is 0 Å². The first-order valence-electron chi connectivity index (χ1n) is 15.4. The summed E-state index contributed by atoms with van der Waals surface area (Å²) in [5.74, 6) is 1.60. The van der Waals surface area contributed by atoms with Crippen LogP contribution < -0.4 is 24.4 Å². The van der Waals surface area contributed by atoms with E-state index in [1.54, 1.807) is 19.1 Å². The molecule has 2 aliphatic rings. The summed E-state index contributed by atoms with van der Waals surface area (Å²) in [4.78, 5) is 30.9. The number of benzene rings is 4. The molecule has 3 atom stereocenters. The van der Waals surface area contributed by atoms with Crippen LogP contribution in [-0.2, 0) is 4.79 Å². The molecule has 0 radical (unpaired) electrons. The highest BCUT2D eigenvalue weighted by molar-refractivity contribution is 6.12. The third-order valence-electron chi connectivity index (χ3n) is 8.72. The molecule has 4 aromatic carbocycles. The van der Waals surface area contributed by atoms with E-state index in [1.165, 1.54) is 0 Å². The number of hydrogen-bond acceptors (Lipinski definition) is 6. The molecule has 3 unspecified atom stereocenters. The molecule has 7 heteroatoms. The minimum atomic E-state index is -0.719. The Kier molecular flexibility index (Phi) is 8.60. The fraction of sp³-hybridized carbons (Fsp3) is 0.263. The van der Waals surface area contributed by atoms with Gasteiger partial charge < -0.3 is 19.5 Å². The van der Waals surface area contributed by atoms with Crippen molar-refractivity contribution in [3.8, 4) is 17.2 Å². The number of nitrogens with zero attached hydrogens (tertiary/aromatic N) is 1. The largest absolute Gasteiger partial charge is 0.493 e. The second kappa shape index (κ2) is 12.9. The summed E-state index contributed by atoms with van der Waals surface area (Å²) in [6.45, 7) is 4.10. The second-order valence-corrected chi connectivity index (χ2v) is 11.5. The zero-order chi connectivity index (χ0) is 31.5. The summed E-state index contributed by atoms with van der Waals surface area (Å²) in [5, 5.41) is 3.62. The van der Waals surface area contributed by atoms with Crippen LogP contribution in [-0.4, -0.2) is 32.0 Å². The van der Waals surface area contributed by atoms with Crippen molar-refractivity contribution in [2.45, 2.75) is 51.2 Å². The lowest BCUT2D eigenvalue weighted by atomic mass is 9.78. The number of Topliss-reactive ketones (excluding diaryl/α,β-unsaturated/α-hetero) is 1. The minimum Gasteiger partial charge on any atom is -0.493 e. The molecule has 45 heavy (non-hydrogen) atoms. The van der Waals surface area contributed by atoms with E-state index >= 15 is 0 Å². The number of para-hydroxylation sites is 3. The molecule has 0 bridgehead atoms. The van der Waals surface area contributed by atoms with Gasteiger partial charge in [0, 0.05) is 28.8 Å². The van der Waals surface area contributed by atoms with Crippen molar-refractivity contribution in [2.75, 3.05) is 24.4 Å². The van der Waals surface area contributed by atoms with Crippen molar-refractivity contribution in [3.05, 3.63) is 125 Å². The minimum absolute atomic E-state index is 0.0226. The van der Waals surface area contributed by atoms with Crippen molar-refractivity contribution in [2.24, 2.45) is 0 Å². The van der Waals surface area contributed by atoms with Gasteiger partial charge in [0.05, 0.1) is 37.7 Å². The molecule has 6 rings (SSSR count). The predicted octanol–water partition coefficient (Wildman–Crippen LogP) is 8.10. The van der Waals surface area contributed by atoms with Gasteiger partial charge in [0.15, 0.2) is 17.3 Å². The van der Waals surface area contributed by atoms with Crippen LogP contribution in [0.4, 0.5) is 11.4 Å². The van der Waals surface area contributed by atoms with Gasteiger partial charge in [0.1, 0.15) is 5.75 Å². The van der Waals surface area contributed by atoms with E-state index in [4.69, 9.17) is 14.2 Å². The molecule has 0 saturated carbocycles. The van der Waals surface area contributed by atoms with Crippen LogP contribution in [0.5, 0.6) is 17.2 Å². The standard InChI is InChI=1S/C38H38N2O5/c1-5-24(2)45-33-18-12-9-15-28(33)37-36-30(21-27(22-32(36)41)26-19-20-34(43-3)35(23-26)44-4)39-29-16-10-11-17-31(29)40(37)38(42)25-13-7-6-8-14-25/h6-20,23-24,27,37,39H,5,21-22H2,1-4H3. The van der Waals surface area contributed by atoms with Crippen molar-refractivity contribution in [1.82, 2.24) is 0 Å². The molecule has 230 valence electrons. The number of methoxy groups -OCH3 is 2. The lowest BCUT2D eigenvalue weighted by Crippen LogP contribution is -2.38. The number of allylic oxidation sites excluding steroid dienone is 1. The van der Waals surface area contributed by atoms with Crippen LogP contribution in [0, 0.1) is 0 Å². The normalized spacial score (nSPS) is 18.2. The van der Waals surface area contributed by atoms with Crippen molar-refractivity contribution >= 4 is 23.1 Å². The molecule has 0 spiro atoms. The zero-order valence-corrected chi connectivity index (χ0v) is 26.1. The molecule has 1 N–H and O–H groups in total. The van der Waals surface area contributed by atoms with Crippen LogP contribution in [0.15, 0.2) is 108 Å². The highest BCUT2D eigenvalue weighted by atomic mass is 16.5. The van der Waals surface area contributed by atoms with E-state index in [-0.39, 0.29) is 30.1 Å². The maximum absolute atomic E-state index is 14.6. The van der Waals surface area contributed by atoms with Crippen molar-refractivity contribution in [1.29, 1.82) is 0 Å². The monoisotopic (exact) mass is 602 g/mol. The first-order chi connectivity index (χ1) is 21.9. The fourth-order valence-corrected chi connectivity index (χ4v) is 6.28. The SMILES string of the molecule is CCC(C)Oc1ccccc1C1C2=C(CC(c3ccc(OC)c(OC)c3)CC2=O)Nc2ccccc2N1C(=O)c1ccccc1. The third-order valence-corrected chi connectivity index (χ3v) is 8.72. The Bertz CT molecular complexity index is 1750. The van der Waals surface area contributed by atoms with Gasteiger partial charge >= 0.3 is 0 Å². The van der Waals surface area contributed by atoms with E-state index in [2.05, 4.69) is 12.2 Å². The maximum Gasteiger partial charge on any atom is 0.259 e. The quantitative estimate of drug-likeness (QED) is 0.220. The number of carbonyl (C=O) groups is 2. The molecule has 7 nitrogen and oxygen atoms in total. The Hall–Kier alpha value is -5.04. The van der Waals surface area contributed by atoms with Crippen molar-refractivity contribution < 1.29 is 23.8 Å². The van der Waals surface area contributed by atoms with Gasteiger partial charge in [-0.05, 0) is 73.7 Å². The number of carbonyl (C=O) groups excluding carboxylic acids is 2. The lowest BCUT2D eigenvalue weighted by Gasteiger charge is -2.36. The zero-order valence-electron chi connectivity index (χ0n) is 26.1. The molecular weight excluding hydrogens is 564 g/mol. The van der Waals surface area contributed by atoms with Gasteiger partial charge in [-0.15, -0.1) is 0 Å². The Balaban J connectivity index is 1.56. The summed E-state index contributed by atoms with van der Waals surface area (Å²) in [6.07, 6.45) is 1.62. The summed E-state index contributed by atoms with van der Waals surface area (Å²) in [5.41, 5.74) is 5.12. The fourth-order valence-electron chi connectivity index (χ4n) is 6.28. The number of amides is 1. The molecule has 1 aliphatic carbocycles. The summed E-state index contributed by atoms with van der Waals surface area (Å²) in [7, 11) is 3.22. The number of fused-ring (bicyclic) bond motifs is 1. The van der Waals surface area contributed by atoms with Crippen molar-refractivity contribution in [3.63, 3.8) is 0 Å². The van der Waals surface area contributed by atoms with Gasteiger partial charge in [0.2, 0.25) is 0 Å². The first-order valence-corrected chi connectivity index (χ1v) is 15.4. The Morgan fingerprint density at radius 1 is 0.867 bits per heavy atom. The maximum atomic E-state index is 14.6. The van der Waals surface area contributed by atoms with Gasteiger partial charge in [-0.3, -0.25) is 14.5 Å². The third kappa shape index (κ3) is 5.78. The van der Waals surface area contributed by atoms with E-state index in [1.807, 2.05) is 104 Å². The number of ketones is 1. The molecule has 0 saturated heterocycles. The summed E-state index contributed by atoms with van der Waals surface area (Å²) < 4.78 is 17.5. The van der Waals surface area contributed by atoms with E-state index in [0.29, 0.717) is 40.5 Å². The van der Waals surface area contributed by atoms with Crippen LogP contribution in [0.1, 0.15) is 66.6 Å². The average Bonchev–Trinajstić information content (AvgIpc) is 3.22. The molecule has 1 heterocycles. The van der Waals surface area contributed by atoms with E-state index in [9.17, 15) is 9.59 Å². The summed E-state index contributed by atoms with van der Waals surface area (Å²) in [6, 6.07) is 29.8. The van der Waals surface area contributed by atoms with Crippen LogP contribution in [0.3, 0.4) is 0 Å². The Morgan fingerprint density at radius 2 is 1.58 bits per heavy atom. The number of ether oxygens (including phenoxy) is 3. The van der Waals surface area contributed by atoms with Crippen LogP contribution >= 0.6 is 0 Å². The number of anilines is 2. The Labute approximate surface area is 264 Å². The van der Waals surface area contributed by atoms with E-state index in [0.717, 1.165) is 28.9 Å². The number of hydrogen-bond donors (Lipinski definition) is 1. The smallest absolute Gasteiger partial charge is 0.259 e. The molecule has 1 amide bonds. The molecule has 4 aromatic rings. The molecule has 1 aliphatic heterocycles. The van der Waals surface area contributed by atoms with Gasteiger partial charge in [-0.25, -0.2) is 0 Å². The highest BCUT2D eigenvalue weighted by Gasteiger charge is 2.43. The molecule has 0 aromatic heterocycles. The van der Waals surface area contributed by atoms with Gasteiger partial charge in [0.25, 0.3) is 5.91 Å². The number of rotatable bonds is 8.